The molecule has 0 amide bonds. The van der Waals surface area contributed by atoms with E-state index in [1.54, 1.807) is 17.8 Å². The van der Waals surface area contributed by atoms with E-state index >= 15 is 0 Å². The van der Waals surface area contributed by atoms with Crippen LogP contribution in [0, 0.1) is 0 Å². The van der Waals surface area contributed by atoms with Gasteiger partial charge in [0.1, 0.15) is 4.90 Å². The fourth-order valence-electron chi connectivity index (χ4n) is 1.45. The van der Waals surface area contributed by atoms with Crippen molar-refractivity contribution in [1.82, 2.24) is 0 Å². The third-order valence-electron chi connectivity index (χ3n) is 2.13. The first-order valence-corrected chi connectivity index (χ1v) is 6.54. The fraction of sp³-hybridized carbons (Fsp3) is 0.250. The molecule has 0 saturated carbocycles. The van der Waals surface area contributed by atoms with E-state index in [0.717, 1.165) is 22.6 Å². The van der Waals surface area contributed by atoms with E-state index < -0.39 is 10.1 Å². The predicted octanol–water partition coefficient (Wildman–Crippen LogP) is 1.26. The Labute approximate surface area is 86.2 Å². The van der Waals surface area contributed by atoms with Crippen LogP contribution >= 0.6 is 11.8 Å². The minimum atomic E-state index is -4.19. The van der Waals surface area contributed by atoms with E-state index in [2.05, 4.69) is 0 Å². The highest BCUT2D eigenvalue weighted by atomic mass is 32.2. The minimum Gasteiger partial charge on any atom is -0.398 e. The molecular weight excluding hydrogens is 222 g/mol. The van der Waals surface area contributed by atoms with Gasteiger partial charge in [-0.2, -0.15) is 20.2 Å². The normalized spacial score (nSPS) is 15.5. The summed E-state index contributed by atoms with van der Waals surface area (Å²) >= 11 is 1.70. The van der Waals surface area contributed by atoms with Crippen LogP contribution in [0.5, 0.6) is 0 Å². The van der Waals surface area contributed by atoms with Crippen LogP contribution in [-0.4, -0.2) is 13.0 Å². The molecule has 0 atom stereocenters. The van der Waals surface area contributed by atoms with Crippen LogP contribution in [0.25, 0.3) is 0 Å². The molecule has 0 aliphatic carbocycles. The van der Waals surface area contributed by atoms with Gasteiger partial charge in [-0.3, -0.25) is 4.55 Å². The number of benzene rings is 1. The smallest absolute Gasteiger partial charge is 0.296 e. The molecule has 0 unspecified atom stereocenters. The van der Waals surface area contributed by atoms with Gasteiger partial charge in [0.15, 0.2) is 0 Å². The van der Waals surface area contributed by atoms with Gasteiger partial charge in [0.2, 0.25) is 0 Å². The lowest BCUT2D eigenvalue weighted by atomic mass is 10.1. The molecular formula is C8H9NO3S2. The van der Waals surface area contributed by atoms with Crippen LogP contribution in [0.15, 0.2) is 17.0 Å². The fourth-order valence-corrected chi connectivity index (χ4v) is 3.18. The van der Waals surface area contributed by atoms with E-state index in [9.17, 15) is 8.42 Å². The Morgan fingerprint density at radius 3 is 2.43 bits per heavy atom. The second-order valence-electron chi connectivity index (χ2n) is 3.13. The molecule has 0 spiro atoms. The summed E-state index contributed by atoms with van der Waals surface area (Å²) in [6.07, 6.45) is 0. The number of hydrogen-bond donors (Lipinski definition) is 2. The average molecular weight is 231 g/mol. The second-order valence-corrected chi connectivity index (χ2v) is 5.50. The molecule has 1 heterocycles. The maximum absolute atomic E-state index is 10.9. The van der Waals surface area contributed by atoms with Crippen molar-refractivity contribution in [2.75, 3.05) is 5.73 Å². The van der Waals surface area contributed by atoms with Crippen molar-refractivity contribution in [3.63, 3.8) is 0 Å². The first-order valence-electron chi connectivity index (χ1n) is 3.95. The molecule has 1 aliphatic rings. The zero-order chi connectivity index (χ0) is 10.3. The first-order chi connectivity index (χ1) is 6.48. The van der Waals surface area contributed by atoms with E-state index in [4.69, 9.17) is 10.3 Å². The van der Waals surface area contributed by atoms with Crippen molar-refractivity contribution >= 4 is 27.6 Å². The molecule has 4 nitrogen and oxygen atoms in total. The Morgan fingerprint density at radius 1 is 1.29 bits per heavy atom. The van der Waals surface area contributed by atoms with Crippen molar-refractivity contribution in [3.8, 4) is 0 Å². The van der Waals surface area contributed by atoms with E-state index in [0.29, 0.717) is 0 Å². The van der Waals surface area contributed by atoms with Crippen molar-refractivity contribution in [2.24, 2.45) is 0 Å². The topological polar surface area (TPSA) is 80.4 Å². The monoisotopic (exact) mass is 231 g/mol. The second kappa shape index (κ2) is 3.15. The molecule has 1 aromatic rings. The Morgan fingerprint density at radius 2 is 1.86 bits per heavy atom. The molecule has 0 saturated heterocycles. The number of fused-ring (bicyclic) bond motifs is 1. The van der Waals surface area contributed by atoms with Gasteiger partial charge in [-0.1, -0.05) is 0 Å². The number of nitrogen functional groups attached to an aromatic ring is 1. The highest BCUT2D eigenvalue weighted by molar-refractivity contribution is 7.98. The van der Waals surface area contributed by atoms with Crippen LogP contribution < -0.4 is 5.73 Å². The molecule has 14 heavy (non-hydrogen) atoms. The SMILES string of the molecule is Nc1cc2c(cc1S(=O)(=O)O)CSC2. The summed E-state index contributed by atoms with van der Waals surface area (Å²) in [6.45, 7) is 0. The molecule has 0 radical (unpaired) electrons. The van der Waals surface area contributed by atoms with Crippen LogP contribution in [0.1, 0.15) is 11.1 Å². The highest BCUT2D eigenvalue weighted by Gasteiger charge is 2.19. The van der Waals surface area contributed by atoms with Gasteiger partial charge < -0.3 is 5.73 Å². The summed E-state index contributed by atoms with van der Waals surface area (Å²) in [5.41, 5.74) is 7.65. The lowest BCUT2D eigenvalue weighted by molar-refractivity contribution is 0.483. The molecule has 2 rings (SSSR count). The van der Waals surface area contributed by atoms with Gasteiger partial charge in [0.25, 0.3) is 10.1 Å². The van der Waals surface area contributed by atoms with Gasteiger partial charge in [-0.15, -0.1) is 0 Å². The summed E-state index contributed by atoms with van der Waals surface area (Å²) in [4.78, 5) is -0.182. The van der Waals surface area contributed by atoms with Gasteiger partial charge in [-0.25, -0.2) is 0 Å². The van der Waals surface area contributed by atoms with Crippen LogP contribution in [-0.2, 0) is 21.6 Å². The standard InChI is InChI=1S/C8H9NO3S2/c9-7-1-5-3-13-4-6(5)2-8(7)14(10,11)12/h1-2H,3-4,9H2,(H,10,11,12). The van der Waals surface area contributed by atoms with Crippen molar-refractivity contribution in [2.45, 2.75) is 16.4 Å². The lowest BCUT2D eigenvalue weighted by Crippen LogP contribution is -2.04. The van der Waals surface area contributed by atoms with Crippen LogP contribution in [0.3, 0.4) is 0 Å². The van der Waals surface area contributed by atoms with Gasteiger partial charge >= 0.3 is 0 Å². The maximum Gasteiger partial charge on any atom is 0.296 e. The summed E-state index contributed by atoms with van der Waals surface area (Å²) in [5, 5.41) is 0. The third kappa shape index (κ3) is 1.60. The molecule has 1 aromatic carbocycles. The zero-order valence-corrected chi connectivity index (χ0v) is 8.86. The molecule has 6 heteroatoms. The summed E-state index contributed by atoms with van der Waals surface area (Å²) < 4.78 is 30.7. The predicted molar refractivity (Wildman–Crippen MR) is 55.7 cm³/mol. The first kappa shape index (κ1) is 9.82. The average Bonchev–Trinajstić information content (AvgIpc) is 2.47. The third-order valence-corrected chi connectivity index (χ3v) is 4.06. The summed E-state index contributed by atoms with van der Waals surface area (Å²) in [6, 6.07) is 3.08. The molecule has 76 valence electrons. The zero-order valence-electron chi connectivity index (χ0n) is 7.23. The number of nitrogens with two attached hydrogens (primary N) is 1. The van der Waals surface area contributed by atoms with Crippen LogP contribution in [0.4, 0.5) is 5.69 Å². The lowest BCUT2D eigenvalue weighted by Gasteiger charge is -2.05. The highest BCUT2D eigenvalue weighted by Crippen LogP contribution is 2.34. The Kier molecular flexibility index (Phi) is 2.21. The number of thioether (sulfide) groups is 1. The van der Waals surface area contributed by atoms with Crippen molar-refractivity contribution in [3.05, 3.63) is 23.3 Å². The Balaban J connectivity index is 2.65. The molecule has 0 aromatic heterocycles. The minimum absolute atomic E-state index is 0.119. The van der Waals surface area contributed by atoms with Gasteiger partial charge in [0.05, 0.1) is 5.69 Å². The molecule has 0 bridgehead atoms. The summed E-state index contributed by atoms with van der Waals surface area (Å²) in [7, 11) is -4.19. The number of rotatable bonds is 1. The van der Waals surface area contributed by atoms with Crippen molar-refractivity contribution < 1.29 is 13.0 Å². The van der Waals surface area contributed by atoms with E-state index in [-0.39, 0.29) is 10.6 Å². The molecule has 1 aliphatic heterocycles. The summed E-state index contributed by atoms with van der Waals surface area (Å²) in [5.74, 6) is 1.63. The Hall–Kier alpha value is -0.720. The largest absolute Gasteiger partial charge is 0.398 e. The van der Waals surface area contributed by atoms with E-state index in [1.807, 2.05) is 0 Å². The molecule has 3 N–H and O–H groups in total. The number of anilines is 1. The van der Waals surface area contributed by atoms with Gasteiger partial charge in [-0.05, 0) is 23.3 Å². The Bertz CT molecular complexity index is 482. The maximum atomic E-state index is 10.9. The quantitative estimate of drug-likeness (QED) is 0.562. The van der Waals surface area contributed by atoms with Gasteiger partial charge in [0, 0.05) is 11.5 Å². The molecule has 0 fully saturated rings. The van der Waals surface area contributed by atoms with Crippen LogP contribution in [0.2, 0.25) is 0 Å². The number of hydrogen-bond acceptors (Lipinski definition) is 4. The van der Waals surface area contributed by atoms with E-state index in [1.165, 1.54) is 6.07 Å². The van der Waals surface area contributed by atoms with Crippen molar-refractivity contribution in [1.29, 1.82) is 0 Å².